The van der Waals surface area contributed by atoms with Gasteiger partial charge in [0, 0.05) is 17.9 Å². The van der Waals surface area contributed by atoms with Crippen LogP contribution in [0.4, 0.5) is 0 Å². The van der Waals surface area contributed by atoms with E-state index in [1.165, 1.54) is 94.0 Å². The van der Waals surface area contributed by atoms with E-state index >= 15 is 0 Å². The van der Waals surface area contributed by atoms with Crippen molar-refractivity contribution in [3.63, 3.8) is 0 Å². The number of fused-ring (bicyclic) bond motifs is 9. The van der Waals surface area contributed by atoms with E-state index in [1.807, 2.05) is 0 Å². The molecular weight excluding hydrogens is 758 g/mol. The Balaban J connectivity index is 1.45. The number of rotatable bonds is 2. The molecule has 0 aliphatic rings. The lowest BCUT2D eigenvalue weighted by molar-refractivity contribution is 1.68. The minimum absolute atomic E-state index is 1.25. The molecule has 0 spiro atoms. The second-order valence-electron chi connectivity index (χ2n) is 11.5. The summed E-state index contributed by atoms with van der Waals surface area (Å²) in [6.07, 6.45) is 0. The molecule has 0 saturated heterocycles. The van der Waals surface area contributed by atoms with Crippen molar-refractivity contribution < 1.29 is 0 Å². The van der Waals surface area contributed by atoms with Gasteiger partial charge in [0.1, 0.15) is 0 Å². The Kier molecular flexibility index (Phi) is 6.17. The van der Waals surface area contributed by atoms with E-state index < -0.39 is 0 Å². The van der Waals surface area contributed by atoms with Crippen molar-refractivity contribution in [2.24, 2.45) is 0 Å². The van der Waals surface area contributed by atoms with Crippen LogP contribution in [0.1, 0.15) is 0 Å². The summed E-state index contributed by atoms with van der Waals surface area (Å²) in [5.74, 6) is 0. The van der Waals surface area contributed by atoms with Crippen molar-refractivity contribution in [3.8, 4) is 22.3 Å². The van der Waals surface area contributed by atoms with Gasteiger partial charge in [0.15, 0.2) is 0 Å². The van der Waals surface area contributed by atoms with Crippen molar-refractivity contribution >= 4 is 110 Å². The van der Waals surface area contributed by atoms with Crippen molar-refractivity contribution in [1.29, 1.82) is 0 Å². The van der Waals surface area contributed by atoms with Gasteiger partial charge in [-0.25, -0.2) is 0 Å². The molecule has 0 aromatic heterocycles. The summed E-state index contributed by atoms with van der Waals surface area (Å²) in [5.41, 5.74) is 5.03. The summed E-state index contributed by atoms with van der Waals surface area (Å²) in [6.45, 7) is 0. The highest BCUT2D eigenvalue weighted by atomic mass is 127. The van der Waals surface area contributed by atoms with E-state index in [0.717, 1.165) is 0 Å². The monoisotopic (exact) mass is 782 g/mol. The molecular formula is C42H24I2. The fourth-order valence-corrected chi connectivity index (χ4v) is 9.18. The molecule has 0 atom stereocenters. The summed E-state index contributed by atoms with van der Waals surface area (Å²) in [4.78, 5) is 0. The molecule has 0 nitrogen and oxygen atoms in total. The van der Waals surface area contributed by atoms with Crippen LogP contribution >= 0.6 is 45.2 Å². The lowest BCUT2D eigenvalue weighted by Crippen LogP contribution is -1.93. The molecule has 0 saturated carbocycles. The third kappa shape index (κ3) is 3.93. The second-order valence-corrected chi connectivity index (χ2v) is 13.7. The second kappa shape index (κ2) is 10.3. The summed E-state index contributed by atoms with van der Waals surface area (Å²) in [7, 11) is 0. The van der Waals surface area contributed by atoms with E-state index in [2.05, 4.69) is 191 Å². The maximum Gasteiger partial charge on any atom is 0.0294 e. The Bertz CT molecular complexity index is 2440. The van der Waals surface area contributed by atoms with E-state index in [1.54, 1.807) is 0 Å². The van der Waals surface area contributed by atoms with Crippen LogP contribution in [0.15, 0.2) is 146 Å². The first-order valence-corrected chi connectivity index (χ1v) is 17.0. The minimum atomic E-state index is 1.25. The molecule has 9 rings (SSSR count). The first kappa shape index (κ1) is 26.4. The van der Waals surface area contributed by atoms with Gasteiger partial charge in [-0.05, 0) is 133 Å². The number of benzene rings is 9. The zero-order valence-electron chi connectivity index (χ0n) is 23.6. The Labute approximate surface area is 282 Å². The third-order valence-electron chi connectivity index (χ3n) is 9.16. The fourth-order valence-electron chi connectivity index (χ4n) is 7.12. The maximum absolute atomic E-state index is 2.59. The molecule has 9 aromatic carbocycles. The largest absolute Gasteiger partial charge is 0.0616 e. The van der Waals surface area contributed by atoms with Crippen molar-refractivity contribution in [3.05, 3.63) is 153 Å². The molecule has 44 heavy (non-hydrogen) atoms. The Morgan fingerprint density at radius 2 is 0.682 bits per heavy atom. The maximum atomic E-state index is 2.59. The van der Waals surface area contributed by atoms with Crippen molar-refractivity contribution in [2.75, 3.05) is 0 Å². The van der Waals surface area contributed by atoms with Gasteiger partial charge in [0.25, 0.3) is 0 Å². The SMILES string of the molecule is Ic1c2ccccc2c(I)c2c3ccc(-c4cccc5ccccc45)cc3c3cc(-c4cccc5ccccc45)ccc3c12. The first-order valence-electron chi connectivity index (χ1n) is 14.8. The molecule has 0 unspecified atom stereocenters. The molecule has 0 bridgehead atoms. The van der Waals surface area contributed by atoms with Crippen LogP contribution in [0.3, 0.4) is 0 Å². The van der Waals surface area contributed by atoms with E-state index in [9.17, 15) is 0 Å². The molecule has 0 heterocycles. The van der Waals surface area contributed by atoms with Crippen LogP contribution in [0.25, 0.3) is 86.9 Å². The molecule has 2 heteroatoms. The highest BCUT2D eigenvalue weighted by molar-refractivity contribution is 14.1. The zero-order chi connectivity index (χ0) is 29.4. The topological polar surface area (TPSA) is 0 Å². The van der Waals surface area contributed by atoms with Crippen LogP contribution in [0, 0.1) is 7.14 Å². The minimum Gasteiger partial charge on any atom is -0.0616 e. The van der Waals surface area contributed by atoms with Gasteiger partial charge in [0.05, 0.1) is 0 Å². The number of hydrogen-bond acceptors (Lipinski definition) is 0. The smallest absolute Gasteiger partial charge is 0.0294 e. The van der Waals surface area contributed by atoms with Crippen molar-refractivity contribution in [1.82, 2.24) is 0 Å². The van der Waals surface area contributed by atoms with Crippen LogP contribution in [0.5, 0.6) is 0 Å². The van der Waals surface area contributed by atoms with Gasteiger partial charge in [-0.15, -0.1) is 0 Å². The summed E-state index contributed by atoms with van der Waals surface area (Å²) in [5, 5.41) is 15.6. The van der Waals surface area contributed by atoms with Crippen molar-refractivity contribution in [2.45, 2.75) is 0 Å². The molecule has 0 radical (unpaired) electrons. The summed E-state index contributed by atoms with van der Waals surface area (Å²) < 4.78 is 2.63. The molecule has 0 amide bonds. The van der Waals surface area contributed by atoms with Gasteiger partial charge in [-0.2, -0.15) is 0 Å². The molecule has 0 N–H and O–H groups in total. The van der Waals surface area contributed by atoms with E-state index in [-0.39, 0.29) is 0 Å². The van der Waals surface area contributed by atoms with Gasteiger partial charge in [0.2, 0.25) is 0 Å². The van der Waals surface area contributed by atoms with E-state index in [0.29, 0.717) is 0 Å². The molecule has 206 valence electrons. The quantitative estimate of drug-likeness (QED) is 0.0931. The summed E-state index contributed by atoms with van der Waals surface area (Å²) >= 11 is 5.18. The molecule has 0 aliphatic carbocycles. The fraction of sp³-hybridized carbons (Fsp3) is 0. The molecule has 0 fully saturated rings. The lowest BCUT2D eigenvalue weighted by atomic mass is 9.88. The number of hydrogen-bond donors (Lipinski definition) is 0. The average molecular weight is 782 g/mol. The molecule has 0 aliphatic heterocycles. The third-order valence-corrected chi connectivity index (χ3v) is 11.4. The zero-order valence-corrected chi connectivity index (χ0v) is 27.9. The lowest BCUT2D eigenvalue weighted by Gasteiger charge is -2.18. The Morgan fingerprint density at radius 3 is 1.14 bits per heavy atom. The first-order chi connectivity index (χ1) is 21.7. The highest BCUT2D eigenvalue weighted by Crippen LogP contribution is 2.45. The number of halogens is 2. The normalized spacial score (nSPS) is 11.9. The van der Waals surface area contributed by atoms with Gasteiger partial charge >= 0.3 is 0 Å². The van der Waals surface area contributed by atoms with Gasteiger partial charge in [-0.3, -0.25) is 0 Å². The van der Waals surface area contributed by atoms with E-state index in [4.69, 9.17) is 0 Å². The van der Waals surface area contributed by atoms with Crippen LogP contribution in [-0.4, -0.2) is 0 Å². The molecule has 9 aromatic rings. The van der Waals surface area contributed by atoms with Gasteiger partial charge < -0.3 is 0 Å². The summed E-state index contributed by atoms with van der Waals surface area (Å²) in [6, 6.07) is 53.8. The Hall–Kier alpha value is -4.00. The average Bonchev–Trinajstić information content (AvgIpc) is 3.09. The van der Waals surface area contributed by atoms with Crippen LogP contribution < -0.4 is 0 Å². The van der Waals surface area contributed by atoms with Crippen LogP contribution in [-0.2, 0) is 0 Å². The standard InChI is InChI=1S/C42H24I2/c43-41-35-15-5-6-16-36(35)42(44)40-34-22-20-28(32-18-8-12-26-10-2-4-14-30(26)32)24-38(34)37-23-27(19-21-33(37)39(40)41)31-17-7-11-25-9-1-3-13-29(25)31/h1-24H. The Morgan fingerprint density at radius 1 is 0.295 bits per heavy atom. The predicted octanol–water partition coefficient (Wildman–Crippen LogP) is 13.1. The van der Waals surface area contributed by atoms with Gasteiger partial charge in [-0.1, -0.05) is 133 Å². The van der Waals surface area contributed by atoms with Crippen LogP contribution in [0.2, 0.25) is 0 Å². The highest BCUT2D eigenvalue weighted by Gasteiger charge is 2.19. The predicted molar refractivity (Wildman–Crippen MR) is 208 cm³/mol.